The molecule has 0 amide bonds. The van der Waals surface area contributed by atoms with Crippen LogP contribution in [0.2, 0.25) is 0 Å². The zero-order valence-electron chi connectivity index (χ0n) is 12.3. The first kappa shape index (κ1) is 18.1. The predicted molar refractivity (Wildman–Crippen MR) is 81.3 cm³/mol. The van der Waals surface area contributed by atoms with Crippen molar-refractivity contribution in [3.8, 4) is 0 Å². The largest absolute Gasteiger partial charge is 0.277 e. The van der Waals surface area contributed by atoms with Crippen LogP contribution in [0, 0.1) is 0 Å². The van der Waals surface area contributed by atoms with E-state index >= 15 is 0 Å². The predicted octanol–water partition coefficient (Wildman–Crippen LogP) is 0.0990. The fraction of sp³-hybridized carbons (Fsp3) is 0.500. The number of nitrogens with one attached hydrogen (secondary N) is 2. The first-order valence-electron chi connectivity index (χ1n) is 6.29. The molecule has 0 bridgehead atoms. The first-order valence-corrected chi connectivity index (χ1v) is 9.32. The standard InChI is InChI=1S/C12H21N3O4S2/c1-12(2,3)15-21(18,19)14-9-8-10-4-6-11(7-5-10)20(13,16)17/h4-7,14-15H,8-9H2,1-3H3,(H2,13,16,17). The second-order valence-electron chi connectivity index (χ2n) is 5.69. The Bertz CT molecular complexity index is 674. The summed E-state index contributed by atoms with van der Waals surface area (Å²) in [7, 11) is -7.26. The van der Waals surface area contributed by atoms with Crippen molar-refractivity contribution in [1.82, 2.24) is 9.44 Å². The molecule has 0 radical (unpaired) electrons. The third kappa shape index (κ3) is 7.00. The number of hydrogen-bond acceptors (Lipinski definition) is 4. The Morgan fingerprint density at radius 3 is 2.00 bits per heavy atom. The van der Waals surface area contributed by atoms with Crippen molar-refractivity contribution in [2.75, 3.05) is 6.54 Å². The molecule has 0 aliphatic carbocycles. The molecule has 0 spiro atoms. The monoisotopic (exact) mass is 335 g/mol. The quantitative estimate of drug-likeness (QED) is 0.683. The zero-order chi connectivity index (χ0) is 16.3. The van der Waals surface area contributed by atoms with Crippen LogP contribution in [0.1, 0.15) is 26.3 Å². The van der Waals surface area contributed by atoms with Gasteiger partial charge in [0.05, 0.1) is 4.90 Å². The Labute approximate surface area is 126 Å². The Hall–Kier alpha value is -1.00. The molecule has 0 atom stereocenters. The lowest BCUT2D eigenvalue weighted by Gasteiger charge is -2.20. The van der Waals surface area contributed by atoms with Crippen LogP contribution in [0.4, 0.5) is 0 Å². The molecule has 0 aromatic heterocycles. The van der Waals surface area contributed by atoms with Crippen molar-refractivity contribution in [3.05, 3.63) is 29.8 Å². The van der Waals surface area contributed by atoms with E-state index in [9.17, 15) is 16.8 Å². The van der Waals surface area contributed by atoms with Gasteiger partial charge in [-0.15, -0.1) is 0 Å². The van der Waals surface area contributed by atoms with Gasteiger partial charge >= 0.3 is 0 Å². The van der Waals surface area contributed by atoms with E-state index in [1.54, 1.807) is 32.9 Å². The maximum Gasteiger partial charge on any atom is 0.277 e. The van der Waals surface area contributed by atoms with Gasteiger partial charge in [0.2, 0.25) is 10.0 Å². The summed E-state index contributed by atoms with van der Waals surface area (Å²) in [6.07, 6.45) is 0.440. The second kappa shape index (κ2) is 6.41. The van der Waals surface area contributed by atoms with Crippen LogP contribution in [-0.4, -0.2) is 28.9 Å². The van der Waals surface area contributed by atoms with Crippen molar-refractivity contribution < 1.29 is 16.8 Å². The summed E-state index contributed by atoms with van der Waals surface area (Å²) in [5, 5.41) is 5.00. The number of benzene rings is 1. The van der Waals surface area contributed by atoms with E-state index in [1.807, 2.05) is 0 Å². The molecule has 7 nitrogen and oxygen atoms in total. The lowest BCUT2D eigenvalue weighted by atomic mass is 10.1. The highest BCUT2D eigenvalue weighted by molar-refractivity contribution is 7.89. The zero-order valence-corrected chi connectivity index (χ0v) is 13.9. The van der Waals surface area contributed by atoms with E-state index < -0.39 is 25.8 Å². The van der Waals surface area contributed by atoms with Gasteiger partial charge in [0.1, 0.15) is 0 Å². The van der Waals surface area contributed by atoms with Crippen LogP contribution in [-0.2, 0) is 26.7 Å². The Balaban J connectivity index is 2.57. The Morgan fingerprint density at radius 1 is 1.05 bits per heavy atom. The summed E-state index contributed by atoms with van der Waals surface area (Å²) in [5.74, 6) is 0. The lowest BCUT2D eigenvalue weighted by molar-refractivity contribution is 0.484. The molecule has 0 aliphatic rings. The highest BCUT2D eigenvalue weighted by Crippen LogP contribution is 2.09. The SMILES string of the molecule is CC(C)(C)NS(=O)(=O)NCCc1ccc(S(N)(=O)=O)cc1. The number of hydrogen-bond donors (Lipinski definition) is 3. The van der Waals surface area contributed by atoms with Crippen LogP contribution >= 0.6 is 0 Å². The maximum absolute atomic E-state index is 11.7. The summed E-state index contributed by atoms with van der Waals surface area (Å²) in [6, 6.07) is 6.00. The molecule has 0 unspecified atom stereocenters. The summed E-state index contributed by atoms with van der Waals surface area (Å²) in [4.78, 5) is 0.0289. The number of sulfonamides is 1. The van der Waals surface area contributed by atoms with Gasteiger partial charge in [-0.05, 0) is 44.9 Å². The Morgan fingerprint density at radius 2 is 1.57 bits per heavy atom. The molecule has 0 fully saturated rings. The fourth-order valence-electron chi connectivity index (χ4n) is 1.61. The topological polar surface area (TPSA) is 118 Å². The lowest BCUT2D eigenvalue weighted by Crippen LogP contribution is -2.47. The molecule has 120 valence electrons. The number of primary sulfonamides is 1. The number of nitrogens with two attached hydrogens (primary N) is 1. The minimum Gasteiger partial charge on any atom is -0.225 e. The minimum atomic E-state index is -3.71. The van der Waals surface area contributed by atoms with E-state index in [0.29, 0.717) is 6.42 Å². The molecule has 0 aliphatic heterocycles. The minimum absolute atomic E-state index is 0.0289. The third-order valence-electron chi connectivity index (χ3n) is 2.40. The van der Waals surface area contributed by atoms with Gasteiger partial charge in [-0.2, -0.15) is 13.1 Å². The highest BCUT2D eigenvalue weighted by atomic mass is 32.2. The van der Waals surface area contributed by atoms with Crippen LogP contribution in [0.3, 0.4) is 0 Å². The smallest absolute Gasteiger partial charge is 0.225 e. The molecule has 0 heterocycles. The first-order chi connectivity index (χ1) is 9.39. The van der Waals surface area contributed by atoms with Crippen molar-refractivity contribution >= 4 is 20.2 Å². The Kier molecular flexibility index (Phi) is 5.51. The summed E-state index contributed by atoms with van der Waals surface area (Å²) in [5.41, 5.74) is 0.254. The van der Waals surface area contributed by atoms with Crippen LogP contribution in [0.5, 0.6) is 0 Å². The van der Waals surface area contributed by atoms with Crippen molar-refractivity contribution in [2.24, 2.45) is 5.14 Å². The van der Waals surface area contributed by atoms with Crippen molar-refractivity contribution in [1.29, 1.82) is 0 Å². The maximum atomic E-state index is 11.7. The van der Waals surface area contributed by atoms with E-state index in [4.69, 9.17) is 5.14 Å². The van der Waals surface area contributed by atoms with Crippen LogP contribution < -0.4 is 14.6 Å². The van der Waals surface area contributed by atoms with Gasteiger partial charge in [0.25, 0.3) is 10.2 Å². The molecule has 4 N–H and O–H groups in total. The van der Waals surface area contributed by atoms with Gasteiger partial charge in [-0.25, -0.2) is 18.3 Å². The summed E-state index contributed by atoms with van der Waals surface area (Å²) >= 11 is 0. The van der Waals surface area contributed by atoms with Gasteiger partial charge in [-0.1, -0.05) is 12.1 Å². The van der Waals surface area contributed by atoms with Crippen LogP contribution in [0.15, 0.2) is 29.2 Å². The average molecular weight is 335 g/mol. The third-order valence-corrected chi connectivity index (χ3v) is 4.79. The summed E-state index contributed by atoms with van der Waals surface area (Å²) in [6.45, 7) is 5.45. The molecule has 1 aromatic rings. The van der Waals surface area contributed by atoms with E-state index in [2.05, 4.69) is 9.44 Å². The van der Waals surface area contributed by atoms with Gasteiger partial charge in [0, 0.05) is 12.1 Å². The molecule has 0 saturated carbocycles. The van der Waals surface area contributed by atoms with Gasteiger partial charge < -0.3 is 0 Å². The fourth-order valence-corrected chi connectivity index (χ4v) is 3.38. The molecule has 21 heavy (non-hydrogen) atoms. The van der Waals surface area contributed by atoms with Gasteiger partial charge in [0.15, 0.2) is 0 Å². The van der Waals surface area contributed by atoms with E-state index in [-0.39, 0.29) is 11.4 Å². The molecule has 9 heteroatoms. The molecule has 1 rings (SSSR count). The van der Waals surface area contributed by atoms with Crippen molar-refractivity contribution in [2.45, 2.75) is 37.6 Å². The van der Waals surface area contributed by atoms with Crippen LogP contribution in [0.25, 0.3) is 0 Å². The van der Waals surface area contributed by atoms with E-state index in [1.165, 1.54) is 12.1 Å². The molecule has 1 aromatic carbocycles. The normalized spacial score (nSPS) is 13.3. The second-order valence-corrected chi connectivity index (χ2v) is 8.75. The highest BCUT2D eigenvalue weighted by Gasteiger charge is 2.18. The van der Waals surface area contributed by atoms with Crippen molar-refractivity contribution in [3.63, 3.8) is 0 Å². The number of rotatable bonds is 6. The average Bonchev–Trinajstić information content (AvgIpc) is 2.24. The molecule has 0 saturated heterocycles. The summed E-state index contributed by atoms with van der Waals surface area (Å²) < 4.78 is 50.5. The molecular formula is C12H21N3O4S2. The molecular weight excluding hydrogens is 314 g/mol. The van der Waals surface area contributed by atoms with Gasteiger partial charge in [-0.3, -0.25) is 0 Å². The van der Waals surface area contributed by atoms with E-state index in [0.717, 1.165) is 5.56 Å².